The van der Waals surface area contributed by atoms with Crippen molar-refractivity contribution in [2.24, 2.45) is 0 Å². The highest BCUT2D eigenvalue weighted by Gasteiger charge is 2.18. The van der Waals surface area contributed by atoms with Crippen LogP contribution in [0, 0.1) is 20.2 Å². The quantitative estimate of drug-likeness (QED) is 0.420. The Kier molecular flexibility index (Phi) is 5.74. The van der Waals surface area contributed by atoms with E-state index in [0.29, 0.717) is 22.8 Å². The van der Waals surface area contributed by atoms with Crippen LogP contribution in [0.3, 0.4) is 0 Å². The van der Waals surface area contributed by atoms with Gasteiger partial charge < -0.3 is 14.2 Å². The molecule has 0 aliphatic heterocycles. The molecule has 0 aliphatic rings. The predicted octanol–water partition coefficient (Wildman–Crippen LogP) is 3.70. The smallest absolute Gasteiger partial charge is 0.283 e. The van der Waals surface area contributed by atoms with Crippen molar-refractivity contribution in [3.8, 4) is 17.2 Å². The van der Waals surface area contributed by atoms with Crippen LogP contribution in [0.1, 0.15) is 11.1 Å². The summed E-state index contributed by atoms with van der Waals surface area (Å²) in [6.45, 7) is 0. The maximum absolute atomic E-state index is 11.2. The van der Waals surface area contributed by atoms with Crippen molar-refractivity contribution >= 4 is 23.5 Å². The number of non-ortho nitro benzene ring substituents is 1. The first-order valence-corrected chi connectivity index (χ1v) is 7.32. The number of hydrogen-bond donors (Lipinski definition) is 0. The van der Waals surface area contributed by atoms with Gasteiger partial charge in [-0.15, -0.1) is 0 Å². The van der Waals surface area contributed by atoms with Crippen molar-refractivity contribution in [1.29, 1.82) is 0 Å². The zero-order chi connectivity index (χ0) is 19.3. The standard InChI is InChI=1S/C17H16N2O7/c1-24-15-8-11(9-16(25-2)17(15)26-3)4-5-12-6-7-13(18(20)21)10-14(12)19(22)23/h4-10H,1-3H3/b5-4-. The van der Waals surface area contributed by atoms with E-state index in [1.807, 2.05) is 0 Å². The van der Waals surface area contributed by atoms with Crippen LogP contribution in [0.5, 0.6) is 17.2 Å². The van der Waals surface area contributed by atoms with Gasteiger partial charge in [0.05, 0.1) is 42.8 Å². The second kappa shape index (κ2) is 7.97. The molecule has 26 heavy (non-hydrogen) atoms. The van der Waals surface area contributed by atoms with Gasteiger partial charge in [0.15, 0.2) is 11.5 Å². The van der Waals surface area contributed by atoms with Gasteiger partial charge in [-0.2, -0.15) is 0 Å². The van der Waals surface area contributed by atoms with Gasteiger partial charge in [-0.3, -0.25) is 20.2 Å². The first kappa shape index (κ1) is 18.7. The summed E-state index contributed by atoms with van der Waals surface area (Å²) in [7, 11) is 4.44. The topological polar surface area (TPSA) is 114 Å². The van der Waals surface area contributed by atoms with Crippen molar-refractivity contribution in [2.75, 3.05) is 21.3 Å². The van der Waals surface area contributed by atoms with Crippen LogP contribution in [-0.4, -0.2) is 31.2 Å². The zero-order valence-electron chi connectivity index (χ0n) is 14.3. The Labute approximate surface area is 148 Å². The number of ether oxygens (including phenoxy) is 3. The number of rotatable bonds is 7. The largest absolute Gasteiger partial charge is 0.493 e. The van der Waals surface area contributed by atoms with Gasteiger partial charge in [0, 0.05) is 6.07 Å². The lowest BCUT2D eigenvalue weighted by Crippen LogP contribution is -1.96. The fourth-order valence-corrected chi connectivity index (χ4v) is 2.33. The number of methoxy groups -OCH3 is 3. The lowest BCUT2D eigenvalue weighted by Gasteiger charge is -2.12. The van der Waals surface area contributed by atoms with E-state index < -0.39 is 9.85 Å². The molecule has 0 bridgehead atoms. The molecule has 0 N–H and O–H groups in total. The van der Waals surface area contributed by atoms with Gasteiger partial charge >= 0.3 is 0 Å². The van der Waals surface area contributed by atoms with Gasteiger partial charge in [-0.25, -0.2) is 0 Å². The molecule has 9 nitrogen and oxygen atoms in total. The Morgan fingerprint density at radius 1 is 0.846 bits per heavy atom. The molecule has 0 aliphatic carbocycles. The van der Waals surface area contributed by atoms with Crippen molar-refractivity contribution < 1.29 is 24.1 Å². The van der Waals surface area contributed by atoms with Crippen molar-refractivity contribution in [2.45, 2.75) is 0 Å². The van der Waals surface area contributed by atoms with Crippen molar-refractivity contribution in [3.63, 3.8) is 0 Å². The minimum atomic E-state index is -0.681. The molecule has 0 aromatic heterocycles. The minimum Gasteiger partial charge on any atom is -0.493 e. The highest BCUT2D eigenvalue weighted by Crippen LogP contribution is 2.38. The van der Waals surface area contributed by atoms with Crippen LogP contribution in [0.4, 0.5) is 11.4 Å². The van der Waals surface area contributed by atoms with E-state index in [1.165, 1.54) is 39.5 Å². The summed E-state index contributed by atoms with van der Waals surface area (Å²) in [5, 5.41) is 22.0. The lowest BCUT2D eigenvalue weighted by atomic mass is 10.1. The molecule has 9 heteroatoms. The first-order chi connectivity index (χ1) is 12.4. The Balaban J connectivity index is 2.47. The van der Waals surface area contributed by atoms with Crippen LogP contribution >= 0.6 is 0 Å². The first-order valence-electron chi connectivity index (χ1n) is 7.32. The van der Waals surface area contributed by atoms with Gasteiger partial charge in [0.25, 0.3) is 11.4 Å². The summed E-state index contributed by atoms with van der Waals surface area (Å²) in [4.78, 5) is 20.6. The van der Waals surface area contributed by atoms with Gasteiger partial charge in [0.1, 0.15) is 0 Å². The average Bonchev–Trinajstić information content (AvgIpc) is 2.64. The molecule has 0 unspecified atom stereocenters. The van der Waals surface area contributed by atoms with Crippen LogP contribution in [-0.2, 0) is 0 Å². The van der Waals surface area contributed by atoms with Gasteiger partial charge in [0.2, 0.25) is 5.75 Å². The third-order valence-electron chi connectivity index (χ3n) is 3.56. The zero-order valence-corrected chi connectivity index (χ0v) is 14.3. The second-order valence-electron chi connectivity index (χ2n) is 5.05. The van der Waals surface area contributed by atoms with Gasteiger partial charge in [-0.1, -0.05) is 6.08 Å². The Morgan fingerprint density at radius 2 is 1.46 bits per heavy atom. The highest BCUT2D eigenvalue weighted by atomic mass is 16.6. The van der Waals surface area contributed by atoms with E-state index in [0.717, 1.165) is 6.07 Å². The second-order valence-corrected chi connectivity index (χ2v) is 5.05. The summed E-state index contributed by atoms with van der Waals surface area (Å²) in [5.41, 5.74) is 0.172. The molecule has 0 saturated heterocycles. The molecule has 136 valence electrons. The van der Waals surface area contributed by atoms with Crippen LogP contribution < -0.4 is 14.2 Å². The van der Waals surface area contributed by atoms with E-state index in [-0.39, 0.29) is 16.9 Å². The minimum absolute atomic E-state index is 0.231. The number of hydrogen-bond acceptors (Lipinski definition) is 7. The summed E-state index contributed by atoms with van der Waals surface area (Å²) >= 11 is 0. The fraction of sp³-hybridized carbons (Fsp3) is 0.176. The third-order valence-corrected chi connectivity index (χ3v) is 3.56. The van der Waals surface area contributed by atoms with E-state index in [4.69, 9.17) is 14.2 Å². The van der Waals surface area contributed by atoms with E-state index in [1.54, 1.807) is 18.2 Å². The number of nitro groups is 2. The van der Waals surface area contributed by atoms with Gasteiger partial charge in [-0.05, 0) is 29.8 Å². The lowest BCUT2D eigenvalue weighted by molar-refractivity contribution is -0.394. The maximum Gasteiger partial charge on any atom is 0.283 e. The molecule has 2 aromatic rings. The number of nitro benzene ring substituents is 2. The molecule has 2 rings (SSSR count). The molecular weight excluding hydrogens is 344 g/mol. The van der Waals surface area contributed by atoms with Crippen molar-refractivity contribution in [3.05, 3.63) is 61.7 Å². The molecule has 2 aromatic carbocycles. The highest BCUT2D eigenvalue weighted by molar-refractivity contribution is 5.76. The summed E-state index contributed by atoms with van der Waals surface area (Å²) in [6, 6.07) is 6.81. The predicted molar refractivity (Wildman–Crippen MR) is 94.8 cm³/mol. The molecule has 0 fully saturated rings. The Bertz CT molecular complexity index is 852. The summed E-state index contributed by atoms with van der Waals surface area (Å²) in [6.07, 6.45) is 3.10. The van der Waals surface area contributed by atoms with Crippen LogP contribution in [0.2, 0.25) is 0 Å². The monoisotopic (exact) mass is 360 g/mol. The molecular formula is C17H16N2O7. The molecule has 0 amide bonds. The van der Waals surface area contributed by atoms with E-state index >= 15 is 0 Å². The number of benzene rings is 2. The number of nitrogens with zero attached hydrogens (tertiary/aromatic N) is 2. The van der Waals surface area contributed by atoms with Crippen LogP contribution in [0.15, 0.2) is 30.3 Å². The fourth-order valence-electron chi connectivity index (χ4n) is 2.33. The third kappa shape index (κ3) is 3.89. The van der Waals surface area contributed by atoms with E-state index in [9.17, 15) is 20.2 Å². The molecule has 0 atom stereocenters. The summed E-state index contributed by atoms with van der Waals surface area (Å²) in [5.74, 6) is 1.29. The maximum atomic E-state index is 11.2. The Morgan fingerprint density at radius 3 is 1.92 bits per heavy atom. The molecule has 0 radical (unpaired) electrons. The van der Waals surface area contributed by atoms with Crippen LogP contribution in [0.25, 0.3) is 12.2 Å². The Hall–Kier alpha value is -3.62. The average molecular weight is 360 g/mol. The van der Waals surface area contributed by atoms with Crippen molar-refractivity contribution in [1.82, 2.24) is 0 Å². The van der Waals surface area contributed by atoms with E-state index in [2.05, 4.69) is 0 Å². The summed E-state index contributed by atoms with van der Waals surface area (Å²) < 4.78 is 15.7. The molecule has 0 spiro atoms. The normalized spacial score (nSPS) is 10.6. The molecule has 0 saturated carbocycles. The molecule has 0 heterocycles. The SMILES string of the molecule is COc1cc(/C=C\c2ccc([N+](=O)[O-])cc2[N+](=O)[O-])cc(OC)c1OC.